The van der Waals surface area contributed by atoms with Crippen LogP contribution in [0.4, 0.5) is 0 Å². The summed E-state index contributed by atoms with van der Waals surface area (Å²) in [5, 5.41) is 4.89. The SMILES string of the molecule is Clc1cccc(CC2(C3CCCC3)CNC2)c1Cl. The fourth-order valence-corrected chi connectivity index (χ4v) is 3.99. The van der Waals surface area contributed by atoms with Crippen LogP contribution in [-0.4, -0.2) is 13.1 Å². The number of hydrogen-bond donors (Lipinski definition) is 1. The first-order valence-corrected chi connectivity index (χ1v) is 7.60. The van der Waals surface area contributed by atoms with Gasteiger partial charge < -0.3 is 5.32 Å². The second-order valence-corrected chi connectivity index (χ2v) is 6.62. The second kappa shape index (κ2) is 5.03. The number of benzene rings is 1. The highest BCUT2D eigenvalue weighted by Crippen LogP contribution is 2.46. The summed E-state index contributed by atoms with van der Waals surface area (Å²) in [6.45, 7) is 2.28. The Hall–Kier alpha value is -0.240. The van der Waals surface area contributed by atoms with Gasteiger partial charge in [-0.1, -0.05) is 48.2 Å². The number of halogens is 2. The Morgan fingerprint density at radius 2 is 1.89 bits per heavy atom. The summed E-state index contributed by atoms with van der Waals surface area (Å²) in [5.74, 6) is 0.869. The predicted octanol–water partition coefficient (Wildman–Crippen LogP) is 4.32. The molecule has 1 aliphatic heterocycles. The zero-order valence-electron chi connectivity index (χ0n) is 10.5. The molecule has 0 amide bonds. The van der Waals surface area contributed by atoms with Crippen LogP contribution in [0.2, 0.25) is 10.0 Å². The quantitative estimate of drug-likeness (QED) is 0.871. The number of rotatable bonds is 3. The van der Waals surface area contributed by atoms with Crippen LogP contribution in [0.3, 0.4) is 0 Å². The van der Waals surface area contributed by atoms with E-state index in [2.05, 4.69) is 11.4 Å². The van der Waals surface area contributed by atoms with E-state index in [0.717, 1.165) is 30.5 Å². The minimum atomic E-state index is 0.435. The van der Waals surface area contributed by atoms with E-state index in [1.54, 1.807) is 0 Å². The van der Waals surface area contributed by atoms with Crippen LogP contribution in [-0.2, 0) is 6.42 Å². The normalized spacial score (nSPS) is 23.0. The van der Waals surface area contributed by atoms with E-state index in [1.165, 1.54) is 31.2 Å². The van der Waals surface area contributed by atoms with Gasteiger partial charge in [-0.15, -0.1) is 0 Å². The van der Waals surface area contributed by atoms with Crippen molar-refractivity contribution in [3.05, 3.63) is 33.8 Å². The average Bonchev–Trinajstić information content (AvgIpc) is 2.83. The third-order valence-electron chi connectivity index (χ3n) is 4.75. The van der Waals surface area contributed by atoms with E-state index in [9.17, 15) is 0 Å². The Morgan fingerprint density at radius 1 is 1.17 bits per heavy atom. The maximum Gasteiger partial charge on any atom is 0.0624 e. The molecule has 1 nitrogen and oxygen atoms in total. The smallest absolute Gasteiger partial charge is 0.0624 e. The summed E-state index contributed by atoms with van der Waals surface area (Å²) in [6.07, 6.45) is 6.65. The third-order valence-corrected chi connectivity index (χ3v) is 5.61. The van der Waals surface area contributed by atoms with Crippen LogP contribution in [0.5, 0.6) is 0 Å². The molecule has 0 unspecified atom stereocenters. The molecule has 0 atom stereocenters. The molecule has 3 heteroatoms. The van der Waals surface area contributed by atoms with Gasteiger partial charge in [-0.05, 0) is 36.8 Å². The third kappa shape index (κ3) is 2.17. The highest BCUT2D eigenvalue weighted by Gasteiger charge is 2.45. The molecule has 0 spiro atoms. The fourth-order valence-electron chi connectivity index (χ4n) is 3.61. The van der Waals surface area contributed by atoms with Crippen molar-refractivity contribution in [3.8, 4) is 0 Å². The second-order valence-electron chi connectivity index (χ2n) is 5.84. The molecule has 2 fully saturated rings. The minimum Gasteiger partial charge on any atom is -0.315 e. The van der Waals surface area contributed by atoms with Gasteiger partial charge in [0, 0.05) is 18.5 Å². The van der Waals surface area contributed by atoms with Gasteiger partial charge in [0.15, 0.2) is 0 Å². The largest absolute Gasteiger partial charge is 0.315 e. The standard InChI is InChI=1S/C15H19Cl2N/c16-13-7-3-4-11(14(13)17)8-15(9-18-10-15)12-5-1-2-6-12/h3-4,7,12,18H,1-2,5-6,8-10H2. The van der Waals surface area contributed by atoms with E-state index >= 15 is 0 Å². The first-order valence-electron chi connectivity index (χ1n) is 6.85. The van der Waals surface area contributed by atoms with Gasteiger partial charge >= 0.3 is 0 Å². The molecule has 3 rings (SSSR count). The van der Waals surface area contributed by atoms with Gasteiger partial charge in [0.1, 0.15) is 0 Å². The van der Waals surface area contributed by atoms with Crippen molar-refractivity contribution in [2.45, 2.75) is 32.1 Å². The van der Waals surface area contributed by atoms with E-state index in [4.69, 9.17) is 23.2 Å². The first-order chi connectivity index (χ1) is 8.71. The van der Waals surface area contributed by atoms with Crippen molar-refractivity contribution in [2.75, 3.05) is 13.1 Å². The van der Waals surface area contributed by atoms with E-state index < -0.39 is 0 Å². The molecule has 0 aromatic heterocycles. The van der Waals surface area contributed by atoms with Crippen molar-refractivity contribution in [2.24, 2.45) is 11.3 Å². The predicted molar refractivity (Wildman–Crippen MR) is 77.4 cm³/mol. The molecular weight excluding hydrogens is 265 g/mol. The molecule has 0 radical (unpaired) electrons. The van der Waals surface area contributed by atoms with Crippen LogP contribution in [0.1, 0.15) is 31.2 Å². The van der Waals surface area contributed by atoms with Crippen LogP contribution in [0.25, 0.3) is 0 Å². The highest BCUT2D eigenvalue weighted by atomic mass is 35.5. The fraction of sp³-hybridized carbons (Fsp3) is 0.600. The summed E-state index contributed by atoms with van der Waals surface area (Å²) in [4.78, 5) is 0. The van der Waals surface area contributed by atoms with Crippen LogP contribution in [0, 0.1) is 11.3 Å². The topological polar surface area (TPSA) is 12.0 Å². The van der Waals surface area contributed by atoms with Crippen LogP contribution < -0.4 is 5.32 Å². The average molecular weight is 284 g/mol. The van der Waals surface area contributed by atoms with Gasteiger partial charge in [0.25, 0.3) is 0 Å². The molecule has 18 heavy (non-hydrogen) atoms. The molecule has 1 saturated carbocycles. The summed E-state index contributed by atoms with van der Waals surface area (Å²) >= 11 is 12.5. The Labute approximate surface area is 119 Å². The van der Waals surface area contributed by atoms with Gasteiger partial charge in [0.05, 0.1) is 10.0 Å². The lowest BCUT2D eigenvalue weighted by Crippen LogP contribution is -2.58. The van der Waals surface area contributed by atoms with Crippen LogP contribution in [0.15, 0.2) is 18.2 Å². The molecule has 1 N–H and O–H groups in total. The summed E-state index contributed by atoms with van der Waals surface area (Å²) in [6, 6.07) is 6.01. The number of hydrogen-bond acceptors (Lipinski definition) is 1. The first kappa shape index (κ1) is 12.8. The Morgan fingerprint density at radius 3 is 2.50 bits per heavy atom. The molecule has 1 saturated heterocycles. The molecular formula is C15H19Cl2N. The lowest BCUT2D eigenvalue weighted by Gasteiger charge is -2.48. The van der Waals surface area contributed by atoms with Gasteiger partial charge in [-0.2, -0.15) is 0 Å². The maximum atomic E-state index is 6.33. The molecule has 1 aromatic carbocycles. The lowest BCUT2D eigenvalue weighted by atomic mass is 9.66. The van der Waals surface area contributed by atoms with Gasteiger partial charge in [-0.25, -0.2) is 0 Å². The van der Waals surface area contributed by atoms with Crippen molar-refractivity contribution >= 4 is 23.2 Å². The lowest BCUT2D eigenvalue weighted by molar-refractivity contribution is 0.0812. The minimum absolute atomic E-state index is 0.435. The van der Waals surface area contributed by atoms with Crippen LogP contribution >= 0.6 is 23.2 Å². The molecule has 1 aliphatic carbocycles. The molecule has 1 heterocycles. The Bertz CT molecular complexity index is 434. The Balaban J connectivity index is 1.83. The summed E-state index contributed by atoms with van der Waals surface area (Å²) in [7, 11) is 0. The highest BCUT2D eigenvalue weighted by molar-refractivity contribution is 6.42. The summed E-state index contributed by atoms with van der Waals surface area (Å²) in [5.41, 5.74) is 1.66. The van der Waals surface area contributed by atoms with Crippen molar-refractivity contribution in [3.63, 3.8) is 0 Å². The van der Waals surface area contributed by atoms with E-state index in [-0.39, 0.29) is 0 Å². The zero-order chi connectivity index (χ0) is 12.6. The maximum absolute atomic E-state index is 6.33. The van der Waals surface area contributed by atoms with E-state index in [0.29, 0.717) is 10.4 Å². The molecule has 1 aromatic rings. The molecule has 98 valence electrons. The molecule has 0 bridgehead atoms. The summed E-state index contributed by atoms with van der Waals surface area (Å²) < 4.78 is 0. The zero-order valence-corrected chi connectivity index (χ0v) is 12.0. The van der Waals surface area contributed by atoms with Crippen molar-refractivity contribution < 1.29 is 0 Å². The van der Waals surface area contributed by atoms with Gasteiger partial charge in [-0.3, -0.25) is 0 Å². The van der Waals surface area contributed by atoms with Crippen molar-refractivity contribution in [1.29, 1.82) is 0 Å². The van der Waals surface area contributed by atoms with Crippen molar-refractivity contribution in [1.82, 2.24) is 5.32 Å². The van der Waals surface area contributed by atoms with Gasteiger partial charge in [0.2, 0.25) is 0 Å². The molecule has 2 aliphatic rings. The monoisotopic (exact) mass is 283 g/mol. The number of nitrogens with one attached hydrogen (secondary N) is 1. The Kier molecular flexibility index (Phi) is 3.57. The van der Waals surface area contributed by atoms with E-state index in [1.807, 2.05) is 12.1 Å².